The number of hydrogen-bond donors (Lipinski definition) is 1. The Hall–Kier alpha value is -1.13. The average Bonchev–Trinajstić information content (AvgIpc) is 2.96. The molecular formula is C16H23N3S. The number of nitrogens with zero attached hydrogens (tertiary/aromatic N) is 2. The van der Waals surface area contributed by atoms with Crippen molar-refractivity contribution in [1.82, 2.24) is 14.5 Å². The molecule has 1 aromatic heterocycles. The van der Waals surface area contributed by atoms with Crippen molar-refractivity contribution in [3.63, 3.8) is 0 Å². The summed E-state index contributed by atoms with van der Waals surface area (Å²) in [5, 5.41) is 0. The number of nitrogens with one attached hydrogen (secondary N) is 1. The van der Waals surface area contributed by atoms with Crippen molar-refractivity contribution < 1.29 is 0 Å². The molecule has 1 aromatic carbocycles. The van der Waals surface area contributed by atoms with Gasteiger partial charge in [0.05, 0.1) is 11.0 Å². The van der Waals surface area contributed by atoms with Crippen LogP contribution in [0.3, 0.4) is 0 Å². The van der Waals surface area contributed by atoms with E-state index >= 15 is 0 Å². The van der Waals surface area contributed by atoms with Crippen molar-refractivity contribution in [2.24, 2.45) is 5.92 Å². The molecule has 4 heteroatoms. The van der Waals surface area contributed by atoms with Gasteiger partial charge in [0.2, 0.25) is 0 Å². The summed E-state index contributed by atoms with van der Waals surface area (Å²) in [5.41, 5.74) is 3.67. The maximum atomic E-state index is 5.51. The second-order valence-electron chi connectivity index (χ2n) is 6.30. The summed E-state index contributed by atoms with van der Waals surface area (Å²) in [5.74, 6) is 0.712. The van der Waals surface area contributed by atoms with Crippen molar-refractivity contribution in [3.8, 4) is 0 Å². The van der Waals surface area contributed by atoms with E-state index in [0.29, 0.717) is 12.0 Å². The molecule has 20 heavy (non-hydrogen) atoms. The number of fused-ring (bicyclic) bond motifs is 1. The number of aryl methyl sites for hydroxylation is 1. The number of benzene rings is 1. The van der Waals surface area contributed by atoms with E-state index in [1.807, 2.05) is 0 Å². The summed E-state index contributed by atoms with van der Waals surface area (Å²) in [4.78, 5) is 5.90. The molecule has 2 heterocycles. The zero-order valence-corrected chi connectivity index (χ0v) is 13.3. The largest absolute Gasteiger partial charge is 0.331 e. The minimum absolute atomic E-state index is 0.651. The minimum Gasteiger partial charge on any atom is -0.331 e. The second kappa shape index (κ2) is 5.34. The Morgan fingerprint density at radius 3 is 2.90 bits per heavy atom. The Labute approximate surface area is 125 Å². The molecule has 1 aliphatic rings. The van der Waals surface area contributed by atoms with Gasteiger partial charge in [0, 0.05) is 19.1 Å². The molecule has 0 amide bonds. The van der Waals surface area contributed by atoms with E-state index in [-0.39, 0.29) is 0 Å². The van der Waals surface area contributed by atoms with Crippen LogP contribution in [0.15, 0.2) is 18.2 Å². The number of hydrogen-bond acceptors (Lipinski definition) is 2. The second-order valence-corrected chi connectivity index (χ2v) is 6.69. The van der Waals surface area contributed by atoms with Crippen LogP contribution in [0.1, 0.15) is 25.8 Å². The van der Waals surface area contributed by atoms with Gasteiger partial charge in [-0.1, -0.05) is 6.07 Å². The number of likely N-dealkylation sites (tertiary alicyclic amines) is 1. The molecule has 0 radical (unpaired) electrons. The van der Waals surface area contributed by atoms with E-state index in [1.54, 1.807) is 0 Å². The highest BCUT2D eigenvalue weighted by molar-refractivity contribution is 7.71. The molecule has 108 valence electrons. The SMILES string of the molecule is Cc1ccc2c(c1)[nH]c(=S)n2CC1CCN(C(C)C)C1. The normalized spacial score (nSPS) is 20.3. The highest BCUT2D eigenvalue weighted by Crippen LogP contribution is 2.23. The van der Waals surface area contributed by atoms with Crippen LogP contribution in [0, 0.1) is 17.6 Å². The summed E-state index contributed by atoms with van der Waals surface area (Å²) in [7, 11) is 0. The van der Waals surface area contributed by atoms with Crippen molar-refractivity contribution in [1.29, 1.82) is 0 Å². The third-order valence-corrected chi connectivity index (χ3v) is 4.74. The number of aromatic amines is 1. The number of imidazole rings is 1. The lowest BCUT2D eigenvalue weighted by atomic mass is 10.1. The Kier molecular flexibility index (Phi) is 3.69. The topological polar surface area (TPSA) is 24.0 Å². The molecule has 0 aliphatic carbocycles. The minimum atomic E-state index is 0.651. The van der Waals surface area contributed by atoms with Gasteiger partial charge in [-0.05, 0) is 69.6 Å². The molecule has 1 atom stereocenters. The van der Waals surface area contributed by atoms with Gasteiger partial charge in [-0.3, -0.25) is 0 Å². The lowest BCUT2D eigenvalue weighted by molar-refractivity contribution is 0.261. The van der Waals surface area contributed by atoms with Crippen LogP contribution in [0.2, 0.25) is 0 Å². The summed E-state index contributed by atoms with van der Waals surface area (Å²) in [6.45, 7) is 10.1. The quantitative estimate of drug-likeness (QED) is 0.870. The van der Waals surface area contributed by atoms with Crippen LogP contribution in [0.4, 0.5) is 0 Å². The zero-order chi connectivity index (χ0) is 14.3. The first kappa shape index (κ1) is 13.8. The highest BCUT2D eigenvalue weighted by Gasteiger charge is 2.24. The molecule has 1 aliphatic heterocycles. The Bertz CT molecular complexity index is 668. The summed E-state index contributed by atoms with van der Waals surface area (Å²) in [6.07, 6.45) is 1.28. The fraction of sp³-hybridized carbons (Fsp3) is 0.562. The molecule has 2 aromatic rings. The molecule has 3 rings (SSSR count). The van der Waals surface area contributed by atoms with Gasteiger partial charge in [0.15, 0.2) is 4.77 Å². The average molecular weight is 289 g/mol. The predicted octanol–water partition coefficient (Wildman–Crippen LogP) is 3.74. The third-order valence-electron chi connectivity index (χ3n) is 4.42. The van der Waals surface area contributed by atoms with E-state index in [1.165, 1.54) is 30.6 Å². The van der Waals surface area contributed by atoms with Crippen LogP contribution >= 0.6 is 12.2 Å². The van der Waals surface area contributed by atoms with Crippen molar-refractivity contribution in [3.05, 3.63) is 28.5 Å². The molecule has 3 nitrogen and oxygen atoms in total. The predicted molar refractivity (Wildman–Crippen MR) is 86.7 cm³/mol. The molecule has 1 saturated heterocycles. The number of H-pyrrole nitrogens is 1. The summed E-state index contributed by atoms with van der Waals surface area (Å²) >= 11 is 5.51. The van der Waals surface area contributed by atoms with Crippen molar-refractivity contribution in [2.45, 2.75) is 39.8 Å². The van der Waals surface area contributed by atoms with E-state index < -0.39 is 0 Å². The molecule has 0 bridgehead atoms. The van der Waals surface area contributed by atoms with E-state index in [9.17, 15) is 0 Å². The molecule has 0 spiro atoms. The first-order chi connectivity index (χ1) is 9.54. The molecular weight excluding hydrogens is 266 g/mol. The maximum Gasteiger partial charge on any atom is 0.178 e. The van der Waals surface area contributed by atoms with Gasteiger partial charge in [-0.2, -0.15) is 0 Å². The number of rotatable bonds is 3. The van der Waals surface area contributed by atoms with Gasteiger partial charge >= 0.3 is 0 Å². The van der Waals surface area contributed by atoms with Crippen LogP contribution in [0.5, 0.6) is 0 Å². The molecule has 1 unspecified atom stereocenters. The molecule has 1 fully saturated rings. The number of aromatic nitrogens is 2. The van der Waals surface area contributed by atoms with Gasteiger partial charge in [-0.15, -0.1) is 0 Å². The fourth-order valence-corrected chi connectivity index (χ4v) is 3.48. The van der Waals surface area contributed by atoms with Crippen LogP contribution in [0.25, 0.3) is 11.0 Å². The third kappa shape index (κ3) is 2.54. The first-order valence-electron chi connectivity index (χ1n) is 7.48. The van der Waals surface area contributed by atoms with Gasteiger partial charge in [-0.25, -0.2) is 0 Å². The first-order valence-corrected chi connectivity index (χ1v) is 7.88. The monoisotopic (exact) mass is 289 g/mol. The lowest BCUT2D eigenvalue weighted by Crippen LogP contribution is -2.28. The standard InChI is InChI=1S/C16H23N3S/c1-11(2)18-7-6-13(9-18)10-19-15-5-4-12(3)8-14(15)17-16(19)20/h4-5,8,11,13H,6-7,9-10H2,1-3H3,(H,17,20). The lowest BCUT2D eigenvalue weighted by Gasteiger charge is -2.20. The van der Waals surface area contributed by atoms with E-state index in [4.69, 9.17) is 12.2 Å². The van der Waals surface area contributed by atoms with Gasteiger partial charge < -0.3 is 14.5 Å². The van der Waals surface area contributed by atoms with Crippen LogP contribution in [-0.4, -0.2) is 33.6 Å². The van der Waals surface area contributed by atoms with E-state index in [0.717, 1.165) is 16.8 Å². The highest BCUT2D eigenvalue weighted by atomic mass is 32.1. The zero-order valence-electron chi connectivity index (χ0n) is 12.5. The Balaban J connectivity index is 1.85. The van der Waals surface area contributed by atoms with Gasteiger partial charge in [0.1, 0.15) is 0 Å². The van der Waals surface area contributed by atoms with Crippen molar-refractivity contribution in [2.75, 3.05) is 13.1 Å². The van der Waals surface area contributed by atoms with E-state index in [2.05, 4.69) is 53.4 Å². The smallest absolute Gasteiger partial charge is 0.178 e. The fourth-order valence-electron chi connectivity index (χ4n) is 3.20. The van der Waals surface area contributed by atoms with Crippen LogP contribution < -0.4 is 0 Å². The van der Waals surface area contributed by atoms with Crippen LogP contribution in [-0.2, 0) is 6.54 Å². The van der Waals surface area contributed by atoms with Gasteiger partial charge in [0.25, 0.3) is 0 Å². The summed E-state index contributed by atoms with van der Waals surface area (Å²) in [6, 6.07) is 7.18. The Morgan fingerprint density at radius 2 is 2.20 bits per heavy atom. The molecule has 1 N–H and O–H groups in total. The summed E-state index contributed by atoms with van der Waals surface area (Å²) < 4.78 is 3.13. The maximum absolute atomic E-state index is 5.51. The Morgan fingerprint density at radius 1 is 1.40 bits per heavy atom. The van der Waals surface area contributed by atoms with Crippen molar-refractivity contribution >= 4 is 23.3 Å². The molecule has 0 saturated carbocycles.